The lowest BCUT2D eigenvalue weighted by Crippen LogP contribution is -2.49. The van der Waals surface area contributed by atoms with Crippen molar-refractivity contribution in [1.29, 1.82) is 0 Å². The first-order chi connectivity index (χ1) is 13.9. The van der Waals surface area contributed by atoms with E-state index in [1.165, 1.54) is 28.8 Å². The molecule has 2 amide bonds. The summed E-state index contributed by atoms with van der Waals surface area (Å²) in [6, 6.07) is 6.83. The third-order valence-corrected chi connectivity index (χ3v) is 6.28. The molecule has 0 N–H and O–H groups in total. The van der Waals surface area contributed by atoms with E-state index in [0.717, 1.165) is 0 Å². The number of carbonyl (C=O) groups is 2. The van der Waals surface area contributed by atoms with Crippen LogP contribution in [0.15, 0.2) is 41.3 Å². The molecule has 0 aliphatic carbocycles. The van der Waals surface area contributed by atoms with Gasteiger partial charge in [-0.1, -0.05) is 0 Å². The third kappa shape index (κ3) is 2.48. The van der Waals surface area contributed by atoms with Crippen LogP contribution in [0, 0.1) is 12.7 Å². The average Bonchev–Trinajstić information content (AvgIpc) is 3.34. The summed E-state index contributed by atoms with van der Waals surface area (Å²) in [5.41, 5.74) is -0.0999. The first-order valence-corrected chi connectivity index (χ1v) is 9.66. The number of hydrogen-bond donors (Lipinski definition) is 0. The Morgan fingerprint density at radius 3 is 2.69 bits per heavy atom. The van der Waals surface area contributed by atoms with Crippen LogP contribution in [0.5, 0.6) is 0 Å². The van der Waals surface area contributed by atoms with E-state index in [1.54, 1.807) is 29.0 Å². The molecule has 2 aromatic rings. The molecule has 0 saturated carbocycles. The second kappa shape index (κ2) is 6.25. The van der Waals surface area contributed by atoms with Gasteiger partial charge < -0.3 is 14.5 Å². The lowest BCUT2D eigenvalue weighted by Gasteiger charge is -2.31. The first-order valence-electron chi connectivity index (χ1n) is 9.66. The Hall–Kier alpha value is -3.00. The second-order valence-electron chi connectivity index (χ2n) is 7.73. The van der Waals surface area contributed by atoms with Gasteiger partial charge in [-0.15, -0.1) is 0 Å². The van der Waals surface area contributed by atoms with Crippen molar-refractivity contribution < 1.29 is 18.7 Å². The number of likely N-dealkylation sites (tertiary alicyclic amines) is 1. The summed E-state index contributed by atoms with van der Waals surface area (Å²) in [7, 11) is 0. The topological polar surface area (TPSA) is 71.9 Å². The molecule has 2 atom stereocenters. The highest BCUT2D eigenvalue weighted by atomic mass is 19.1. The van der Waals surface area contributed by atoms with E-state index in [-0.39, 0.29) is 23.9 Å². The van der Waals surface area contributed by atoms with Gasteiger partial charge in [0.25, 0.3) is 11.5 Å². The monoisotopic (exact) mass is 397 g/mol. The van der Waals surface area contributed by atoms with Crippen molar-refractivity contribution in [3.05, 3.63) is 63.8 Å². The van der Waals surface area contributed by atoms with E-state index in [1.807, 2.05) is 0 Å². The number of aromatic nitrogens is 1. The highest BCUT2D eigenvalue weighted by Crippen LogP contribution is 2.45. The van der Waals surface area contributed by atoms with Crippen molar-refractivity contribution >= 4 is 11.8 Å². The maximum absolute atomic E-state index is 13.4. The molecule has 150 valence electrons. The molecule has 3 fully saturated rings. The van der Waals surface area contributed by atoms with Crippen molar-refractivity contribution in [2.45, 2.75) is 31.5 Å². The van der Waals surface area contributed by atoms with Gasteiger partial charge in [0.05, 0.1) is 19.1 Å². The number of halogens is 1. The quantitative estimate of drug-likeness (QED) is 0.769. The van der Waals surface area contributed by atoms with Crippen molar-refractivity contribution in [3.8, 4) is 5.69 Å². The molecule has 1 aromatic heterocycles. The molecule has 1 spiro atoms. The third-order valence-electron chi connectivity index (χ3n) is 6.28. The van der Waals surface area contributed by atoms with E-state index < -0.39 is 23.0 Å². The van der Waals surface area contributed by atoms with Crippen molar-refractivity contribution in [2.75, 3.05) is 19.7 Å². The van der Waals surface area contributed by atoms with Crippen LogP contribution in [0.4, 0.5) is 4.39 Å². The van der Waals surface area contributed by atoms with Gasteiger partial charge in [-0.2, -0.15) is 0 Å². The van der Waals surface area contributed by atoms with Crippen LogP contribution in [-0.4, -0.2) is 57.6 Å². The van der Waals surface area contributed by atoms with Gasteiger partial charge in [-0.05, 0) is 42.8 Å². The molecule has 29 heavy (non-hydrogen) atoms. The minimum atomic E-state index is -0.745. The molecule has 3 aliphatic heterocycles. The summed E-state index contributed by atoms with van der Waals surface area (Å²) in [6.07, 6.45) is 2.34. The highest BCUT2D eigenvalue weighted by Gasteiger charge is 2.63. The van der Waals surface area contributed by atoms with Gasteiger partial charge in [0, 0.05) is 31.4 Å². The van der Waals surface area contributed by atoms with Gasteiger partial charge >= 0.3 is 0 Å². The summed E-state index contributed by atoms with van der Waals surface area (Å²) in [5, 5.41) is 0. The minimum Gasteiger partial charge on any atom is -0.351 e. The fraction of sp³-hybridized carbons (Fsp3) is 0.381. The van der Waals surface area contributed by atoms with E-state index in [9.17, 15) is 18.8 Å². The van der Waals surface area contributed by atoms with Crippen molar-refractivity contribution in [1.82, 2.24) is 14.4 Å². The van der Waals surface area contributed by atoms with Crippen LogP contribution in [-0.2, 0) is 9.53 Å². The fourth-order valence-corrected chi connectivity index (χ4v) is 4.87. The number of carbonyl (C=O) groups excluding carboxylic acids is 2. The summed E-state index contributed by atoms with van der Waals surface area (Å²) in [5.74, 6) is -0.811. The van der Waals surface area contributed by atoms with E-state index in [4.69, 9.17) is 4.74 Å². The molecule has 8 heteroatoms. The second-order valence-corrected chi connectivity index (χ2v) is 7.73. The Kier molecular flexibility index (Phi) is 3.89. The Balaban J connectivity index is 1.54. The normalized spacial score (nSPS) is 25.4. The molecular formula is C21H20FN3O4. The Morgan fingerprint density at radius 2 is 1.93 bits per heavy atom. The molecule has 0 bridgehead atoms. The standard InChI is InChI=1S/C21H20FN3O4/c1-13-6-8-23(15-4-2-14(22)3-5-15)19(27)18(13)20(28)24-9-7-21-16(24)12-17(26)25(21)10-11-29-21/h2-6,8,16H,7,9-12H2,1H3/t16-,21+/m1/s1. The first kappa shape index (κ1) is 18.1. The Labute approximate surface area is 166 Å². The molecule has 3 aliphatic rings. The Morgan fingerprint density at radius 1 is 1.17 bits per heavy atom. The van der Waals surface area contributed by atoms with Crippen LogP contribution >= 0.6 is 0 Å². The summed E-state index contributed by atoms with van der Waals surface area (Å²) >= 11 is 0. The van der Waals surface area contributed by atoms with Crippen LogP contribution < -0.4 is 5.56 Å². The maximum Gasteiger partial charge on any atom is 0.268 e. The van der Waals surface area contributed by atoms with E-state index >= 15 is 0 Å². The predicted molar refractivity (Wildman–Crippen MR) is 101 cm³/mol. The van der Waals surface area contributed by atoms with Crippen LogP contribution in [0.2, 0.25) is 0 Å². The zero-order valence-corrected chi connectivity index (χ0v) is 15.9. The predicted octanol–water partition coefficient (Wildman–Crippen LogP) is 1.46. The molecule has 5 rings (SSSR count). The largest absolute Gasteiger partial charge is 0.351 e. The Bertz CT molecular complexity index is 1080. The molecule has 3 saturated heterocycles. The molecule has 1 aromatic carbocycles. The summed E-state index contributed by atoms with van der Waals surface area (Å²) < 4.78 is 20.5. The lowest BCUT2D eigenvalue weighted by atomic mass is 10.0. The molecule has 7 nitrogen and oxygen atoms in total. The lowest BCUT2D eigenvalue weighted by molar-refractivity contribution is -0.136. The van der Waals surface area contributed by atoms with Gasteiger partial charge in [0.1, 0.15) is 11.4 Å². The molecule has 4 heterocycles. The van der Waals surface area contributed by atoms with Gasteiger partial charge in [0.15, 0.2) is 5.72 Å². The SMILES string of the molecule is Cc1ccn(-c2ccc(F)cc2)c(=O)c1C(=O)N1CC[C@@]23OCCN2C(=O)C[C@@H]13. The minimum absolute atomic E-state index is 0.0153. The smallest absolute Gasteiger partial charge is 0.268 e. The highest BCUT2D eigenvalue weighted by molar-refractivity contribution is 5.97. The maximum atomic E-state index is 13.4. The zero-order chi connectivity index (χ0) is 20.3. The molecule has 0 radical (unpaired) electrons. The summed E-state index contributed by atoms with van der Waals surface area (Å²) in [4.78, 5) is 42.3. The van der Waals surface area contributed by atoms with Gasteiger partial charge in [-0.3, -0.25) is 19.0 Å². The molecular weight excluding hydrogens is 377 g/mol. The van der Waals surface area contributed by atoms with Crippen LogP contribution in [0.25, 0.3) is 5.69 Å². The van der Waals surface area contributed by atoms with Crippen molar-refractivity contribution in [2.24, 2.45) is 0 Å². The number of hydrogen-bond acceptors (Lipinski definition) is 4. The number of benzene rings is 1. The summed E-state index contributed by atoms with van der Waals surface area (Å²) in [6.45, 7) is 3.15. The van der Waals surface area contributed by atoms with Gasteiger partial charge in [0.2, 0.25) is 5.91 Å². The number of pyridine rings is 1. The van der Waals surface area contributed by atoms with Gasteiger partial charge in [-0.25, -0.2) is 4.39 Å². The average molecular weight is 397 g/mol. The fourth-order valence-electron chi connectivity index (χ4n) is 4.87. The number of ether oxygens (including phenoxy) is 1. The van der Waals surface area contributed by atoms with E-state index in [0.29, 0.717) is 37.4 Å². The number of nitrogens with zero attached hydrogens (tertiary/aromatic N) is 3. The number of amides is 2. The van der Waals surface area contributed by atoms with E-state index in [2.05, 4.69) is 0 Å². The number of aryl methyl sites for hydroxylation is 1. The van der Waals surface area contributed by atoms with Crippen LogP contribution in [0.1, 0.15) is 28.8 Å². The number of rotatable bonds is 2. The zero-order valence-electron chi connectivity index (χ0n) is 15.9. The van der Waals surface area contributed by atoms with Crippen LogP contribution in [0.3, 0.4) is 0 Å². The van der Waals surface area contributed by atoms with Crippen molar-refractivity contribution in [3.63, 3.8) is 0 Å². The molecule has 0 unspecified atom stereocenters.